The van der Waals surface area contributed by atoms with Crippen LogP contribution in [0.2, 0.25) is 0 Å². The van der Waals surface area contributed by atoms with Gasteiger partial charge in [-0.2, -0.15) is 0 Å². The van der Waals surface area contributed by atoms with Crippen LogP contribution in [0.1, 0.15) is 79.1 Å². The largest absolute Gasteiger partial charge is 0.266 e. The Morgan fingerprint density at radius 1 is 0.727 bits per heavy atom. The zero-order valence-electron chi connectivity index (χ0n) is 15.5. The third-order valence-electron chi connectivity index (χ3n) is 4.28. The van der Waals surface area contributed by atoms with Gasteiger partial charge in [0.25, 0.3) is 0 Å². The fourth-order valence-electron chi connectivity index (χ4n) is 2.81. The first-order valence-corrected chi connectivity index (χ1v) is 11.9. The maximum absolute atomic E-state index is 3.42. The van der Waals surface area contributed by atoms with E-state index in [2.05, 4.69) is 43.1 Å². The molecule has 0 bridgehead atoms. The number of nitrogens with zero attached hydrogens (tertiary/aromatic N) is 2. The summed E-state index contributed by atoms with van der Waals surface area (Å²) in [6.07, 6.45) is 21.2. The Morgan fingerprint density at radius 3 is 1.32 bits per heavy atom. The highest BCUT2D eigenvalue weighted by atomic mass is 31.2. The van der Waals surface area contributed by atoms with E-state index < -0.39 is 7.26 Å². The van der Waals surface area contributed by atoms with Gasteiger partial charge in [-0.15, -0.1) is 12.4 Å². The highest BCUT2D eigenvalue weighted by Gasteiger charge is 2.24. The van der Waals surface area contributed by atoms with Gasteiger partial charge in [-0.1, -0.05) is 58.6 Å². The topological polar surface area (TPSA) is 41.6 Å². The van der Waals surface area contributed by atoms with Crippen LogP contribution < -0.4 is 0 Å². The van der Waals surface area contributed by atoms with Gasteiger partial charge in [-0.05, 0) is 50.3 Å². The molecule has 1 radical (unpaired) electrons. The number of unbranched alkanes of at least 4 members (excludes halogenated alkanes) is 4. The lowest BCUT2D eigenvalue weighted by molar-refractivity contribution is 0.814. The maximum atomic E-state index is 3.42. The second-order valence-corrected chi connectivity index (χ2v) is 10.8. The van der Waals surface area contributed by atoms with Crippen LogP contribution in [-0.4, -0.2) is 40.1 Å². The van der Waals surface area contributed by atoms with E-state index in [0.717, 1.165) is 0 Å². The van der Waals surface area contributed by atoms with Gasteiger partial charge in [0.05, 0.1) is 6.20 Å². The van der Waals surface area contributed by atoms with Crippen LogP contribution in [0, 0.1) is 0 Å². The van der Waals surface area contributed by atoms with Crippen LogP contribution in [0.3, 0.4) is 0 Å². The van der Waals surface area contributed by atoms with Crippen molar-refractivity contribution in [2.24, 2.45) is 0 Å². The molecular weight excluding hydrogens is 289 g/mol. The minimum atomic E-state index is -0.562. The standard InChI is InChI=1S/C16H36P.C2H3N3/c1-5-9-13-17(14-10-6-2,15-11-7-3)16-12-8-4;1-2-4-5-3-1/h5-16H2,1-4H3;1-2H,(H,3,4,5). The van der Waals surface area contributed by atoms with Crippen LogP contribution in [0.15, 0.2) is 12.4 Å². The molecule has 0 saturated heterocycles. The second-order valence-electron chi connectivity index (χ2n) is 6.31. The van der Waals surface area contributed by atoms with Crippen LogP contribution in [0.4, 0.5) is 0 Å². The molecule has 4 heteroatoms. The monoisotopic (exact) mass is 328 g/mol. The van der Waals surface area contributed by atoms with Crippen LogP contribution in [0.25, 0.3) is 0 Å². The van der Waals surface area contributed by atoms with Crippen molar-refractivity contribution in [3.63, 3.8) is 0 Å². The lowest BCUT2D eigenvalue weighted by Crippen LogP contribution is -2.12. The third-order valence-corrected chi connectivity index (χ3v) is 9.33. The van der Waals surface area contributed by atoms with E-state index in [-0.39, 0.29) is 0 Å². The normalized spacial score (nSPS) is 11.1. The molecule has 0 aromatic carbocycles. The molecule has 0 atom stereocenters. The highest BCUT2D eigenvalue weighted by molar-refractivity contribution is 7.75. The van der Waals surface area contributed by atoms with Gasteiger partial charge in [0.1, 0.15) is 0 Å². The maximum Gasteiger partial charge on any atom is 0.0690 e. The van der Waals surface area contributed by atoms with Crippen molar-refractivity contribution in [3.8, 4) is 0 Å². The van der Waals surface area contributed by atoms with E-state index in [1.807, 2.05) is 0 Å². The summed E-state index contributed by atoms with van der Waals surface area (Å²) in [5.74, 6) is 0. The van der Waals surface area contributed by atoms with Crippen LogP contribution in [0.5, 0.6) is 0 Å². The molecule has 1 N–H and O–H groups in total. The summed E-state index contributed by atoms with van der Waals surface area (Å²) in [4.78, 5) is 0. The van der Waals surface area contributed by atoms with Crippen molar-refractivity contribution in [3.05, 3.63) is 12.4 Å². The molecule has 1 aromatic heterocycles. The Labute approximate surface area is 139 Å². The van der Waals surface area contributed by atoms with Crippen molar-refractivity contribution in [1.82, 2.24) is 15.4 Å². The molecule has 0 saturated carbocycles. The summed E-state index contributed by atoms with van der Waals surface area (Å²) in [6, 6.07) is 0. The SMILES string of the molecule is CCCC[P](CCCC)(CCCC)CCCC.c1c[nH]nn1. The lowest BCUT2D eigenvalue weighted by atomic mass is 10.4. The number of hydrogen-bond donors (Lipinski definition) is 1. The van der Waals surface area contributed by atoms with Gasteiger partial charge in [0.15, 0.2) is 0 Å². The van der Waals surface area contributed by atoms with Crippen molar-refractivity contribution in [1.29, 1.82) is 0 Å². The first-order chi connectivity index (χ1) is 10.7. The third kappa shape index (κ3) is 11.2. The van der Waals surface area contributed by atoms with Crippen LogP contribution >= 0.6 is 7.26 Å². The Hall–Kier alpha value is -0.430. The Balaban J connectivity index is 0.000000734. The van der Waals surface area contributed by atoms with E-state index in [1.54, 1.807) is 37.0 Å². The fraction of sp³-hybridized carbons (Fsp3) is 0.889. The summed E-state index contributed by atoms with van der Waals surface area (Å²) in [7, 11) is -0.562. The van der Waals surface area contributed by atoms with Crippen molar-refractivity contribution >= 4 is 7.26 Å². The van der Waals surface area contributed by atoms with E-state index in [9.17, 15) is 0 Å². The van der Waals surface area contributed by atoms with Gasteiger partial charge in [-0.25, -0.2) is 0 Å². The van der Waals surface area contributed by atoms with Crippen molar-refractivity contribution < 1.29 is 0 Å². The van der Waals surface area contributed by atoms with Gasteiger partial charge in [-0.3, -0.25) is 5.10 Å². The zero-order chi connectivity index (χ0) is 16.5. The van der Waals surface area contributed by atoms with Gasteiger partial charge < -0.3 is 0 Å². The Kier molecular flexibility index (Phi) is 15.2. The van der Waals surface area contributed by atoms with E-state index in [0.29, 0.717) is 0 Å². The predicted molar refractivity (Wildman–Crippen MR) is 102 cm³/mol. The number of aromatic amines is 1. The first-order valence-electron chi connectivity index (χ1n) is 9.40. The minimum Gasteiger partial charge on any atom is -0.266 e. The van der Waals surface area contributed by atoms with Crippen molar-refractivity contribution in [2.45, 2.75) is 79.1 Å². The number of hydrogen-bond acceptors (Lipinski definition) is 2. The molecule has 1 rings (SSSR count). The molecule has 3 nitrogen and oxygen atoms in total. The molecule has 0 unspecified atom stereocenters. The number of rotatable bonds is 12. The number of H-pyrrole nitrogens is 1. The molecule has 0 aliphatic rings. The molecule has 1 aromatic rings. The van der Waals surface area contributed by atoms with Gasteiger partial charge >= 0.3 is 0 Å². The van der Waals surface area contributed by atoms with Crippen molar-refractivity contribution in [2.75, 3.05) is 24.6 Å². The summed E-state index contributed by atoms with van der Waals surface area (Å²) in [5, 5.41) is 9.26. The first kappa shape index (κ1) is 21.6. The molecule has 0 aliphatic heterocycles. The highest BCUT2D eigenvalue weighted by Crippen LogP contribution is 2.61. The second kappa shape index (κ2) is 15.5. The Morgan fingerprint density at radius 2 is 1.14 bits per heavy atom. The fourth-order valence-corrected chi connectivity index (χ4v) is 8.10. The molecule has 131 valence electrons. The summed E-state index contributed by atoms with van der Waals surface area (Å²) in [6.45, 7) is 9.42. The molecular formula is C18H39N3P. The van der Waals surface area contributed by atoms with E-state index in [1.165, 1.54) is 51.4 Å². The average molecular weight is 329 g/mol. The predicted octanol–water partition coefficient (Wildman–Crippen LogP) is 6.01. The Bertz CT molecular complexity index is 247. The quantitative estimate of drug-likeness (QED) is 0.477. The molecule has 0 spiro atoms. The smallest absolute Gasteiger partial charge is 0.0690 e. The lowest BCUT2D eigenvalue weighted by Gasteiger charge is -2.37. The summed E-state index contributed by atoms with van der Waals surface area (Å²) in [5.41, 5.74) is 0. The molecule has 0 aliphatic carbocycles. The summed E-state index contributed by atoms with van der Waals surface area (Å²) < 4.78 is 0. The van der Waals surface area contributed by atoms with E-state index in [4.69, 9.17) is 0 Å². The summed E-state index contributed by atoms with van der Waals surface area (Å²) >= 11 is 0. The molecule has 22 heavy (non-hydrogen) atoms. The number of aromatic nitrogens is 3. The van der Waals surface area contributed by atoms with E-state index >= 15 is 0 Å². The molecule has 0 amide bonds. The van der Waals surface area contributed by atoms with Gasteiger partial charge in [0.2, 0.25) is 0 Å². The van der Waals surface area contributed by atoms with Gasteiger partial charge in [0, 0.05) is 6.20 Å². The molecule has 1 heterocycles. The average Bonchev–Trinajstić information content (AvgIpc) is 3.13. The molecule has 0 fully saturated rings. The minimum absolute atomic E-state index is 0.562. The van der Waals surface area contributed by atoms with Crippen LogP contribution in [-0.2, 0) is 0 Å². The zero-order valence-corrected chi connectivity index (χ0v) is 16.4. The number of nitrogens with one attached hydrogen (secondary N) is 1.